The second-order valence-electron chi connectivity index (χ2n) is 2.75. The minimum absolute atomic E-state index is 0.179. The maximum Gasteiger partial charge on any atom is 0.169 e. The van der Waals surface area contributed by atoms with Crippen LogP contribution >= 0.6 is 23.8 Å². The molecule has 0 aliphatic rings. The molecule has 0 saturated heterocycles. The van der Waals surface area contributed by atoms with Crippen LogP contribution in [0.2, 0.25) is 5.02 Å². The van der Waals surface area contributed by atoms with Crippen molar-refractivity contribution < 1.29 is 0 Å². The second-order valence-corrected chi connectivity index (χ2v) is 3.63. The number of thiocarbonyl (C=S) groups is 1. The van der Waals surface area contributed by atoms with Crippen LogP contribution in [0, 0.1) is 0 Å². The van der Waals surface area contributed by atoms with E-state index in [0.29, 0.717) is 10.8 Å². The largest absolute Gasteiger partial charge is 0.376 e. The molecule has 72 valence electrons. The van der Waals surface area contributed by atoms with Gasteiger partial charge < -0.3 is 11.1 Å². The number of aromatic nitrogens is 2. The SMILES string of the molecule is NC(=S)Nc1n[nH]c2ccc(Cl)cc12. The maximum absolute atomic E-state index is 5.85. The van der Waals surface area contributed by atoms with Crippen molar-refractivity contribution in [3.8, 4) is 0 Å². The number of hydrogen-bond donors (Lipinski definition) is 3. The third-order valence-electron chi connectivity index (χ3n) is 1.77. The summed E-state index contributed by atoms with van der Waals surface area (Å²) < 4.78 is 0. The van der Waals surface area contributed by atoms with Crippen molar-refractivity contribution in [3.05, 3.63) is 23.2 Å². The van der Waals surface area contributed by atoms with E-state index in [9.17, 15) is 0 Å². The number of anilines is 1. The highest BCUT2D eigenvalue weighted by molar-refractivity contribution is 7.80. The van der Waals surface area contributed by atoms with E-state index < -0.39 is 0 Å². The van der Waals surface area contributed by atoms with E-state index in [1.54, 1.807) is 12.1 Å². The Hall–Kier alpha value is -1.33. The van der Waals surface area contributed by atoms with Gasteiger partial charge in [0.25, 0.3) is 0 Å². The molecule has 4 N–H and O–H groups in total. The smallest absolute Gasteiger partial charge is 0.169 e. The summed E-state index contributed by atoms with van der Waals surface area (Å²) in [5.74, 6) is 0.593. The lowest BCUT2D eigenvalue weighted by atomic mass is 10.2. The minimum atomic E-state index is 0.179. The van der Waals surface area contributed by atoms with Gasteiger partial charge in [0.05, 0.1) is 5.52 Å². The minimum Gasteiger partial charge on any atom is -0.376 e. The highest BCUT2D eigenvalue weighted by atomic mass is 35.5. The van der Waals surface area contributed by atoms with Gasteiger partial charge in [-0.05, 0) is 30.4 Å². The Kier molecular flexibility index (Phi) is 2.26. The summed E-state index contributed by atoms with van der Waals surface area (Å²) in [5, 5.41) is 11.3. The lowest BCUT2D eigenvalue weighted by Gasteiger charge is -1.98. The first kappa shape index (κ1) is 9.23. The molecular formula is C8H7ClN4S. The van der Waals surface area contributed by atoms with Crippen LogP contribution in [-0.2, 0) is 0 Å². The molecule has 1 heterocycles. The lowest BCUT2D eigenvalue weighted by Crippen LogP contribution is -2.19. The van der Waals surface area contributed by atoms with Crippen LogP contribution in [0.15, 0.2) is 18.2 Å². The van der Waals surface area contributed by atoms with Gasteiger partial charge in [-0.1, -0.05) is 11.6 Å². The zero-order valence-corrected chi connectivity index (χ0v) is 8.62. The summed E-state index contributed by atoms with van der Waals surface area (Å²) in [6, 6.07) is 5.42. The van der Waals surface area contributed by atoms with Crippen LogP contribution in [0.3, 0.4) is 0 Å². The number of H-pyrrole nitrogens is 1. The molecule has 14 heavy (non-hydrogen) atoms. The van der Waals surface area contributed by atoms with Crippen molar-refractivity contribution >= 4 is 45.7 Å². The molecule has 1 aromatic heterocycles. The first-order valence-corrected chi connectivity index (χ1v) is 4.65. The zero-order valence-electron chi connectivity index (χ0n) is 7.04. The Labute approximate surface area is 90.4 Å². The van der Waals surface area contributed by atoms with E-state index >= 15 is 0 Å². The molecule has 0 bridgehead atoms. The van der Waals surface area contributed by atoms with Crippen LogP contribution in [0.5, 0.6) is 0 Å². The molecule has 0 aliphatic heterocycles. The van der Waals surface area contributed by atoms with Gasteiger partial charge >= 0.3 is 0 Å². The van der Waals surface area contributed by atoms with Crippen LogP contribution < -0.4 is 11.1 Å². The van der Waals surface area contributed by atoms with Gasteiger partial charge in [0.1, 0.15) is 0 Å². The molecule has 4 nitrogen and oxygen atoms in total. The predicted molar refractivity (Wildman–Crippen MR) is 61.5 cm³/mol. The number of nitrogens with one attached hydrogen (secondary N) is 2. The number of halogens is 1. The molecule has 1 aromatic carbocycles. The Morgan fingerprint density at radius 3 is 3.07 bits per heavy atom. The van der Waals surface area contributed by atoms with Gasteiger partial charge in [-0.25, -0.2) is 0 Å². The lowest BCUT2D eigenvalue weighted by molar-refractivity contribution is 1.12. The van der Waals surface area contributed by atoms with Crippen molar-refractivity contribution in [1.29, 1.82) is 0 Å². The van der Waals surface area contributed by atoms with Gasteiger partial charge in [-0.2, -0.15) is 5.10 Å². The Bertz CT molecular complexity index is 493. The van der Waals surface area contributed by atoms with Crippen molar-refractivity contribution in [2.75, 3.05) is 5.32 Å². The Morgan fingerprint density at radius 2 is 2.36 bits per heavy atom. The maximum atomic E-state index is 5.85. The molecule has 0 atom stereocenters. The third-order valence-corrected chi connectivity index (χ3v) is 2.10. The summed E-state index contributed by atoms with van der Waals surface area (Å²) >= 11 is 10.6. The molecule has 0 saturated carbocycles. The number of benzene rings is 1. The zero-order chi connectivity index (χ0) is 10.1. The first-order chi connectivity index (χ1) is 6.66. The fourth-order valence-electron chi connectivity index (χ4n) is 1.20. The highest BCUT2D eigenvalue weighted by Crippen LogP contribution is 2.23. The van der Waals surface area contributed by atoms with Crippen LogP contribution in [0.25, 0.3) is 10.9 Å². The van der Waals surface area contributed by atoms with E-state index in [-0.39, 0.29) is 5.11 Å². The van der Waals surface area contributed by atoms with Gasteiger partial charge in [0.15, 0.2) is 10.9 Å². The predicted octanol–water partition coefficient (Wildman–Crippen LogP) is 1.87. The van der Waals surface area contributed by atoms with Crippen LogP contribution in [0.1, 0.15) is 0 Å². The number of rotatable bonds is 1. The van der Waals surface area contributed by atoms with E-state index in [0.717, 1.165) is 10.9 Å². The summed E-state index contributed by atoms with van der Waals surface area (Å²) in [4.78, 5) is 0. The summed E-state index contributed by atoms with van der Waals surface area (Å²) in [6.45, 7) is 0. The number of nitrogens with two attached hydrogens (primary N) is 1. The summed E-state index contributed by atoms with van der Waals surface area (Å²) in [7, 11) is 0. The molecular weight excluding hydrogens is 220 g/mol. The van der Waals surface area contributed by atoms with Crippen molar-refractivity contribution in [1.82, 2.24) is 10.2 Å². The van der Waals surface area contributed by atoms with E-state index in [1.807, 2.05) is 6.07 Å². The van der Waals surface area contributed by atoms with Crippen molar-refractivity contribution in [2.24, 2.45) is 5.73 Å². The van der Waals surface area contributed by atoms with Gasteiger partial charge in [-0.3, -0.25) is 5.10 Å². The standard InChI is InChI=1S/C8H7ClN4S/c9-4-1-2-6-5(3-4)7(13-12-6)11-8(10)14/h1-3H,(H4,10,11,12,13,14). The molecule has 0 radical (unpaired) electrons. The molecule has 6 heteroatoms. The fraction of sp³-hybridized carbons (Fsp3) is 0. The molecule has 0 aliphatic carbocycles. The monoisotopic (exact) mass is 226 g/mol. The molecule has 2 rings (SSSR count). The molecule has 2 aromatic rings. The molecule has 0 spiro atoms. The fourth-order valence-corrected chi connectivity index (χ4v) is 1.47. The first-order valence-electron chi connectivity index (χ1n) is 3.87. The van der Waals surface area contributed by atoms with Crippen LogP contribution in [-0.4, -0.2) is 15.3 Å². The van der Waals surface area contributed by atoms with Gasteiger partial charge in [0.2, 0.25) is 0 Å². The topological polar surface area (TPSA) is 66.7 Å². The average Bonchev–Trinajstić information content (AvgIpc) is 2.47. The molecule has 0 fully saturated rings. The highest BCUT2D eigenvalue weighted by Gasteiger charge is 2.05. The Morgan fingerprint density at radius 1 is 1.57 bits per heavy atom. The molecule has 0 amide bonds. The van der Waals surface area contributed by atoms with E-state index in [2.05, 4.69) is 15.5 Å². The van der Waals surface area contributed by atoms with Crippen LogP contribution in [0.4, 0.5) is 5.82 Å². The summed E-state index contributed by atoms with van der Waals surface area (Å²) in [6.07, 6.45) is 0. The van der Waals surface area contributed by atoms with E-state index in [4.69, 9.17) is 29.6 Å². The molecule has 0 unspecified atom stereocenters. The Balaban J connectivity index is 2.55. The number of fused-ring (bicyclic) bond motifs is 1. The second kappa shape index (κ2) is 3.43. The van der Waals surface area contributed by atoms with Gasteiger partial charge in [0, 0.05) is 10.4 Å². The van der Waals surface area contributed by atoms with Crippen molar-refractivity contribution in [2.45, 2.75) is 0 Å². The summed E-state index contributed by atoms with van der Waals surface area (Å²) in [5.41, 5.74) is 6.23. The normalized spacial score (nSPS) is 10.4. The van der Waals surface area contributed by atoms with Gasteiger partial charge in [-0.15, -0.1) is 0 Å². The third kappa shape index (κ3) is 1.64. The average molecular weight is 227 g/mol. The number of hydrogen-bond acceptors (Lipinski definition) is 2. The number of aromatic amines is 1. The van der Waals surface area contributed by atoms with Crippen molar-refractivity contribution in [3.63, 3.8) is 0 Å². The van der Waals surface area contributed by atoms with E-state index in [1.165, 1.54) is 0 Å². The number of nitrogens with zero attached hydrogens (tertiary/aromatic N) is 1. The quantitative estimate of drug-likeness (QED) is 0.650.